The average Bonchev–Trinajstić information content (AvgIpc) is 3.53. The van der Waals surface area contributed by atoms with Crippen molar-refractivity contribution in [3.63, 3.8) is 0 Å². The molecule has 11 heteroatoms. The summed E-state index contributed by atoms with van der Waals surface area (Å²) < 4.78 is 11.1. The van der Waals surface area contributed by atoms with Gasteiger partial charge in [0.25, 0.3) is 0 Å². The minimum absolute atomic E-state index is 0.143. The first kappa shape index (κ1) is 20.4. The van der Waals surface area contributed by atoms with Gasteiger partial charge < -0.3 is 19.8 Å². The molecule has 3 aromatic heterocycles. The Balaban J connectivity index is 1.25. The molecule has 0 aliphatic heterocycles. The molecule has 4 aromatic rings. The first-order chi connectivity index (χ1) is 14.7. The van der Waals surface area contributed by atoms with Gasteiger partial charge in [-0.2, -0.15) is 0 Å². The first-order valence-corrected chi connectivity index (χ1v) is 11.5. The number of rotatable bonds is 9. The number of nitrogens with one attached hydrogen (secondary N) is 2. The first-order valence-electron chi connectivity index (χ1n) is 8.82. The minimum atomic E-state index is -0.143. The Morgan fingerprint density at radius 3 is 2.83 bits per heavy atom. The fourth-order valence-corrected chi connectivity index (χ4v) is 4.71. The summed E-state index contributed by atoms with van der Waals surface area (Å²) in [7, 11) is 1.63. The van der Waals surface area contributed by atoms with Gasteiger partial charge in [0, 0.05) is 10.9 Å². The van der Waals surface area contributed by atoms with Crippen LogP contribution < -0.4 is 15.4 Å². The van der Waals surface area contributed by atoms with E-state index in [0.29, 0.717) is 21.1 Å². The predicted molar refractivity (Wildman–Crippen MR) is 119 cm³/mol. The van der Waals surface area contributed by atoms with E-state index in [-0.39, 0.29) is 11.7 Å². The molecule has 0 saturated carbocycles. The average molecular weight is 460 g/mol. The molecule has 0 saturated heterocycles. The van der Waals surface area contributed by atoms with Gasteiger partial charge in [-0.25, -0.2) is 4.98 Å². The molecule has 30 heavy (non-hydrogen) atoms. The Labute approximate surface area is 184 Å². The van der Waals surface area contributed by atoms with Crippen molar-refractivity contribution < 1.29 is 13.9 Å². The van der Waals surface area contributed by atoms with Gasteiger partial charge in [0.15, 0.2) is 9.47 Å². The number of carbonyl (C=O) groups is 1. The second-order valence-electron chi connectivity index (χ2n) is 5.91. The summed E-state index contributed by atoms with van der Waals surface area (Å²) in [5.74, 6) is 1.69. The van der Waals surface area contributed by atoms with Crippen LogP contribution in [0.3, 0.4) is 0 Å². The molecule has 0 unspecified atom stereocenters. The third-order valence-corrected chi connectivity index (χ3v) is 6.64. The SMILES string of the molecule is COc1ccc(-c2csc(NC(=O)CSc3nnc(NCc4ccco4)s3)n2)cc1. The molecule has 0 aliphatic carbocycles. The van der Waals surface area contributed by atoms with Crippen molar-refractivity contribution >= 4 is 50.6 Å². The van der Waals surface area contributed by atoms with E-state index in [9.17, 15) is 4.79 Å². The summed E-state index contributed by atoms with van der Waals surface area (Å²) in [5, 5.41) is 17.3. The van der Waals surface area contributed by atoms with Crippen molar-refractivity contribution in [1.29, 1.82) is 0 Å². The highest BCUT2D eigenvalue weighted by Crippen LogP contribution is 2.28. The normalized spacial score (nSPS) is 10.7. The lowest BCUT2D eigenvalue weighted by Gasteiger charge is -2.01. The smallest absolute Gasteiger partial charge is 0.236 e. The quantitative estimate of drug-likeness (QED) is 0.350. The highest BCUT2D eigenvalue weighted by molar-refractivity contribution is 8.01. The molecule has 3 heterocycles. The van der Waals surface area contributed by atoms with E-state index in [4.69, 9.17) is 9.15 Å². The van der Waals surface area contributed by atoms with E-state index in [1.54, 1.807) is 13.4 Å². The van der Waals surface area contributed by atoms with Crippen LogP contribution in [0.25, 0.3) is 11.3 Å². The third kappa shape index (κ3) is 5.38. The summed E-state index contributed by atoms with van der Waals surface area (Å²) >= 11 is 4.11. The number of nitrogens with zero attached hydrogens (tertiary/aromatic N) is 3. The Hall–Kier alpha value is -2.89. The number of hydrogen-bond donors (Lipinski definition) is 2. The van der Waals surface area contributed by atoms with Crippen molar-refractivity contribution in [3.05, 3.63) is 53.8 Å². The molecule has 4 rings (SSSR count). The van der Waals surface area contributed by atoms with Crippen LogP contribution in [0.2, 0.25) is 0 Å². The van der Waals surface area contributed by atoms with E-state index in [1.807, 2.05) is 41.8 Å². The van der Waals surface area contributed by atoms with Gasteiger partial charge in [0.1, 0.15) is 11.5 Å². The van der Waals surface area contributed by atoms with Gasteiger partial charge in [-0.3, -0.25) is 4.79 Å². The standard InChI is InChI=1S/C19H17N5O3S3/c1-26-13-6-4-12(5-7-13)15-10-28-18(21-15)22-16(25)11-29-19-24-23-17(30-19)20-9-14-3-2-8-27-14/h2-8,10H,9,11H2,1H3,(H,20,23)(H,21,22,25). The van der Waals surface area contributed by atoms with Gasteiger partial charge in [0.2, 0.25) is 11.0 Å². The van der Waals surface area contributed by atoms with Crippen LogP contribution in [0, 0.1) is 0 Å². The van der Waals surface area contributed by atoms with Crippen molar-refractivity contribution in [2.75, 3.05) is 23.5 Å². The van der Waals surface area contributed by atoms with E-state index in [2.05, 4.69) is 25.8 Å². The molecule has 0 aliphatic rings. The number of ether oxygens (including phenoxy) is 1. The zero-order valence-electron chi connectivity index (χ0n) is 15.8. The maximum atomic E-state index is 12.2. The van der Waals surface area contributed by atoms with Crippen molar-refractivity contribution in [3.8, 4) is 17.0 Å². The number of carbonyl (C=O) groups excluding carboxylic acids is 1. The van der Waals surface area contributed by atoms with Crippen molar-refractivity contribution in [2.24, 2.45) is 0 Å². The number of methoxy groups -OCH3 is 1. The van der Waals surface area contributed by atoms with Crippen LogP contribution in [0.15, 0.2) is 56.8 Å². The molecule has 1 amide bonds. The number of thiazole rings is 1. The molecule has 8 nitrogen and oxygen atoms in total. The molecule has 1 aromatic carbocycles. The number of thioether (sulfide) groups is 1. The molecular formula is C19H17N5O3S3. The summed E-state index contributed by atoms with van der Waals surface area (Å²) in [5.41, 5.74) is 1.77. The molecule has 0 radical (unpaired) electrons. The Bertz CT molecular complexity index is 1090. The van der Waals surface area contributed by atoms with Gasteiger partial charge in [-0.05, 0) is 36.4 Å². The lowest BCUT2D eigenvalue weighted by Crippen LogP contribution is -2.13. The van der Waals surface area contributed by atoms with E-state index in [1.165, 1.54) is 34.4 Å². The largest absolute Gasteiger partial charge is 0.497 e. The molecule has 154 valence electrons. The topological polar surface area (TPSA) is 102 Å². The second kappa shape index (κ2) is 9.74. The number of aromatic nitrogens is 3. The van der Waals surface area contributed by atoms with Crippen LogP contribution in [-0.4, -0.2) is 34.0 Å². The van der Waals surface area contributed by atoms with E-state index < -0.39 is 0 Å². The van der Waals surface area contributed by atoms with Gasteiger partial charge in [-0.1, -0.05) is 23.1 Å². The lowest BCUT2D eigenvalue weighted by molar-refractivity contribution is -0.113. The summed E-state index contributed by atoms with van der Waals surface area (Å²) in [6.45, 7) is 0.535. The van der Waals surface area contributed by atoms with Crippen LogP contribution >= 0.6 is 34.4 Å². The third-order valence-electron chi connectivity index (χ3n) is 3.86. The van der Waals surface area contributed by atoms with Gasteiger partial charge >= 0.3 is 0 Å². The van der Waals surface area contributed by atoms with Crippen LogP contribution in [0.1, 0.15) is 5.76 Å². The van der Waals surface area contributed by atoms with Crippen LogP contribution in [-0.2, 0) is 11.3 Å². The fraction of sp³-hybridized carbons (Fsp3) is 0.158. The molecule has 0 atom stereocenters. The number of anilines is 2. The highest BCUT2D eigenvalue weighted by atomic mass is 32.2. The lowest BCUT2D eigenvalue weighted by atomic mass is 10.2. The predicted octanol–water partition coefficient (Wildman–Crippen LogP) is 4.61. The zero-order valence-corrected chi connectivity index (χ0v) is 18.3. The number of amides is 1. The highest BCUT2D eigenvalue weighted by Gasteiger charge is 2.11. The summed E-state index contributed by atoms with van der Waals surface area (Å²) in [6.07, 6.45) is 1.62. The fourth-order valence-electron chi connectivity index (χ4n) is 2.42. The number of benzene rings is 1. The van der Waals surface area contributed by atoms with Gasteiger partial charge in [0.05, 0.1) is 31.4 Å². The zero-order chi connectivity index (χ0) is 20.8. The monoisotopic (exact) mass is 459 g/mol. The Morgan fingerprint density at radius 1 is 1.20 bits per heavy atom. The molecule has 2 N–H and O–H groups in total. The molecule has 0 bridgehead atoms. The summed E-state index contributed by atoms with van der Waals surface area (Å²) in [6, 6.07) is 11.3. The number of furan rings is 1. The molecule has 0 fully saturated rings. The van der Waals surface area contributed by atoms with Crippen LogP contribution in [0.4, 0.5) is 10.3 Å². The Morgan fingerprint density at radius 2 is 2.07 bits per heavy atom. The van der Waals surface area contributed by atoms with Gasteiger partial charge in [-0.15, -0.1) is 21.5 Å². The van der Waals surface area contributed by atoms with E-state index >= 15 is 0 Å². The maximum Gasteiger partial charge on any atom is 0.236 e. The second-order valence-corrected chi connectivity index (χ2v) is 8.97. The molecular weight excluding hydrogens is 442 g/mol. The summed E-state index contributed by atoms with van der Waals surface area (Å²) in [4.78, 5) is 16.7. The van der Waals surface area contributed by atoms with Crippen molar-refractivity contribution in [2.45, 2.75) is 10.9 Å². The maximum absolute atomic E-state index is 12.2. The number of hydrogen-bond acceptors (Lipinski definition) is 10. The minimum Gasteiger partial charge on any atom is -0.497 e. The van der Waals surface area contributed by atoms with Crippen LogP contribution in [0.5, 0.6) is 5.75 Å². The Kier molecular flexibility index (Phi) is 6.62. The molecule has 0 spiro atoms. The van der Waals surface area contributed by atoms with E-state index in [0.717, 1.165) is 22.8 Å². The van der Waals surface area contributed by atoms with Crippen molar-refractivity contribution in [1.82, 2.24) is 15.2 Å².